The molecular formula is C19H20FN3O2. The Bertz CT molecular complexity index is 779. The van der Waals surface area contributed by atoms with Gasteiger partial charge in [0.1, 0.15) is 5.82 Å². The second-order valence-corrected chi connectivity index (χ2v) is 6.14. The van der Waals surface area contributed by atoms with Crippen LogP contribution in [0.15, 0.2) is 42.7 Å². The first-order valence-electron chi connectivity index (χ1n) is 8.31. The topological polar surface area (TPSA) is 53.5 Å². The zero-order valence-electron chi connectivity index (χ0n) is 14.1. The number of benzene rings is 1. The minimum absolute atomic E-state index is 0.0469. The third-order valence-corrected chi connectivity index (χ3v) is 4.40. The average molecular weight is 341 g/mol. The van der Waals surface area contributed by atoms with Crippen molar-refractivity contribution in [2.75, 3.05) is 26.2 Å². The van der Waals surface area contributed by atoms with E-state index in [0.717, 1.165) is 0 Å². The second-order valence-electron chi connectivity index (χ2n) is 6.14. The molecule has 1 fully saturated rings. The monoisotopic (exact) mass is 341 g/mol. The molecule has 0 bridgehead atoms. The molecule has 0 unspecified atom stereocenters. The fraction of sp³-hybridized carbons (Fsp3) is 0.316. The van der Waals surface area contributed by atoms with E-state index in [1.807, 2.05) is 0 Å². The molecule has 1 saturated heterocycles. The molecule has 1 aliphatic heterocycles. The molecule has 25 heavy (non-hydrogen) atoms. The molecule has 1 aliphatic rings. The van der Waals surface area contributed by atoms with Crippen LogP contribution in [0.1, 0.15) is 32.7 Å². The van der Waals surface area contributed by atoms with Crippen molar-refractivity contribution < 1.29 is 14.0 Å². The van der Waals surface area contributed by atoms with Gasteiger partial charge in [-0.15, -0.1) is 0 Å². The van der Waals surface area contributed by atoms with E-state index in [1.165, 1.54) is 12.1 Å². The van der Waals surface area contributed by atoms with Crippen LogP contribution in [0.2, 0.25) is 0 Å². The van der Waals surface area contributed by atoms with Gasteiger partial charge in [0, 0.05) is 49.7 Å². The van der Waals surface area contributed by atoms with Gasteiger partial charge in [-0.1, -0.05) is 0 Å². The Morgan fingerprint density at radius 1 is 0.920 bits per heavy atom. The summed E-state index contributed by atoms with van der Waals surface area (Å²) in [5, 5.41) is 0. The molecule has 0 N–H and O–H groups in total. The third-order valence-electron chi connectivity index (χ3n) is 4.40. The summed E-state index contributed by atoms with van der Waals surface area (Å²) < 4.78 is 13.4. The predicted octanol–water partition coefficient (Wildman–Crippen LogP) is 2.52. The molecule has 6 heteroatoms. The molecule has 1 aromatic heterocycles. The predicted molar refractivity (Wildman–Crippen MR) is 91.8 cm³/mol. The highest BCUT2D eigenvalue weighted by molar-refractivity contribution is 5.95. The summed E-state index contributed by atoms with van der Waals surface area (Å²) in [4.78, 5) is 32.6. The van der Waals surface area contributed by atoms with E-state index in [2.05, 4.69) is 4.98 Å². The standard InChI is InChI=1S/C19H20FN3O2/c1-14-13-16(3-4-17(14)20)19(25)23-10-2-9-22(11-12-23)18(24)15-5-7-21-8-6-15/h3-8,13H,2,9-12H2,1H3. The molecule has 1 aromatic carbocycles. The van der Waals surface area contributed by atoms with Crippen LogP contribution in [-0.2, 0) is 0 Å². The number of aromatic nitrogens is 1. The number of carbonyl (C=O) groups excluding carboxylic acids is 2. The smallest absolute Gasteiger partial charge is 0.254 e. The number of amides is 2. The summed E-state index contributed by atoms with van der Waals surface area (Å²) in [5.74, 6) is -0.489. The molecule has 2 aromatic rings. The van der Waals surface area contributed by atoms with E-state index in [1.54, 1.807) is 47.3 Å². The van der Waals surface area contributed by atoms with Crippen molar-refractivity contribution in [3.63, 3.8) is 0 Å². The van der Waals surface area contributed by atoms with Gasteiger partial charge in [-0.05, 0) is 49.2 Å². The Balaban J connectivity index is 1.68. The van der Waals surface area contributed by atoms with E-state index in [-0.39, 0.29) is 17.6 Å². The van der Waals surface area contributed by atoms with Crippen LogP contribution in [-0.4, -0.2) is 52.8 Å². The summed E-state index contributed by atoms with van der Waals surface area (Å²) in [5.41, 5.74) is 1.53. The molecule has 5 nitrogen and oxygen atoms in total. The normalized spacial score (nSPS) is 15.0. The lowest BCUT2D eigenvalue weighted by Gasteiger charge is -2.22. The first-order chi connectivity index (χ1) is 12.1. The lowest BCUT2D eigenvalue weighted by molar-refractivity contribution is 0.0718. The molecule has 3 rings (SSSR count). The Morgan fingerprint density at radius 2 is 1.52 bits per heavy atom. The number of hydrogen-bond acceptors (Lipinski definition) is 3. The summed E-state index contributed by atoms with van der Waals surface area (Å²) in [6, 6.07) is 7.78. The maximum Gasteiger partial charge on any atom is 0.254 e. The van der Waals surface area contributed by atoms with Crippen molar-refractivity contribution in [3.05, 3.63) is 65.2 Å². The first kappa shape index (κ1) is 17.1. The number of pyridine rings is 1. The molecule has 0 spiro atoms. The van der Waals surface area contributed by atoms with E-state index < -0.39 is 0 Å². The molecule has 0 atom stereocenters. The molecular weight excluding hydrogens is 321 g/mol. The van der Waals surface area contributed by atoms with E-state index in [9.17, 15) is 14.0 Å². The van der Waals surface area contributed by atoms with E-state index in [0.29, 0.717) is 49.3 Å². The van der Waals surface area contributed by atoms with Gasteiger partial charge in [0.25, 0.3) is 11.8 Å². The third kappa shape index (κ3) is 3.84. The van der Waals surface area contributed by atoms with Crippen molar-refractivity contribution in [2.45, 2.75) is 13.3 Å². The van der Waals surface area contributed by atoms with E-state index in [4.69, 9.17) is 0 Å². The summed E-state index contributed by atoms with van der Waals surface area (Å²) in [6.45, 7) is 3.77. The summed E-state index contributed by atoms with van der Waals surface area (Å²) in [7, 11) is 0. The highest BCUT2D eigenvalue weighted by Crippen LogP contribution is 2.14. The van der Waals surface area contributed by atoms with Crippen LogP contribution in [0.4, 0.5) is 4.39 Å². The van der Waals surface area contributed by atoms with Gasteiger partial charge in [0.2, 0.25) is 0 Å². The largest absolute Gasteiger partial charge is 0.337 e. The van der Waals surface area contributed by atoms with Crippen molar-refractivity contribution in [2.24, 2.45) is 0 Å². The van der Waals surface area contributed by atoms with Crippen molar-refractivity contribution in [1.29, 1.82) is 0 Å². The number of aryl methyl sites for hydroxylation is 1. The molecule has 0 radical (unpaired) electrons. The van der Waals surface area contributed by atoms with Crippen LogP contribution < -0.4 is 0 Å². The molecule has 2 heterocycles. The van der Waals surface area contributed by atoms with Gasteiger partial charge in [0.05, 0.1) is 0 Å². The van der Waals surface area contributed by atoms with Crippen LogP contribution in [0, 0.1) is 12.7 Å². The summed E-state index contributed by atoms with van der Waals surface area (Å²) >= 11 is 0. The number of carbonyl (C=O) groups is 2. The maximum absolute atomic E-state index is 13.4. The van der Waals surface area contributed by atoms with Gasteiger partial charge < -0.3 is 9.80 Å². The Morgan fingerprint density at radius 3 is 2.12 bits per heavy atom. The van der Waals surface area contributed by atoms with Crippen LogP contribution in [0.25, 0.3) is 0 Å². The van der Waals surface area contributed by atoms with Crippen LogP contribution >= 0.6 is 0 Å². The maximum atomic E-state index is 13.4. The minimum atomic E-state index is -0.318. The number of halogens is 1. The Hall–Kier alpha value is -2.76. The van der Waals surface area contributed by atoms with Crippen LogP contribution in [0.5, 0.6) is 0 Å². The SMILES string of the molecule is Cc1cc(C(=O)N2CCCN(C(=O)c3ccncc3)CC2)ccc1F. The average Bonchev–Trinajstić information content (AvgIpc) is 2.89. The number of rotatable bonds is 2. The van der Waals surface area contributed by atoms with Gasteiger partial charge in [-0.25, -0.2) is 4.39 Å². The molecule has 130 valence electrons. The quantitative estimate of drug-likeness (QED) is 0.843. The van der Waals surface area contributed by atoms with Crippen molar-refractivity contribution >= 4 is 11.8 Å². The Labute approximate surface area is 146 Å². The fourth-order valence-corrected chi connectivity index (χ4v) is 2.96. The lowest BCUT2D eigenvalue weighted by Crippen LogP contribution is -2.37. The zero-order valence-corrected chi connectivity index (χ0v) is 14.1. The van der Waals surface area contributed by atoms with Gasteiger partial charge in [0.15, 0.2) is 0 Å². The number of nitrogens with zero attached hydrogens (tertiary/aromatic N) is 3. The molecule has 0 saturated carbocycles. The first-order valence-corrected chi connectivity index (χ1v) is 8.31. The zero-order chi connectivity index (χ0) is 17.8. The van der Waals surface area contributed by atoms with E-state index >= 15 is 0 Å². The minimum Gasteiger partial charge on any atom is -0.337 e. The van der Waals surface area contributed by atoms with Crippen molar-refractivity contribution in [1.82, 2.24) is 14.8 Å². The van der Waals surface area contributed by atoms with Gasteiger partial charge in [-0.3, -0.25) is 14.6 Å². The van der Waals surface area contributed by atoms with Gasteiger partial charge in [-0.2, -0.15) is 0 Å². The summed E-state index contributed by atoms with van der Waals surface area (Å²) in [6.07, 6.45) is 3.90. The second kappa shape index (κ2) is 7.42. The van der Waals surface area contributed by atoms with Crippen molar-refractivity contribution in [3.8, 4) is 0 Å². The Kier molecular flexibility index (Phi) is 5.07. The highest BCUT2D eigenvalue weighted by atomic mass is 19.1. The van der Waals surface area contributed by atoms with Crippen LogP contribution in [0.3, 0.4) is 0 Å². The lowest BCUT2D eigenvalue weighted by atomic mass is 10.1. The highest BCUT2D eigenvalue weighted by Gasteiger charge is 2.23. The molecule has 2 amide bonds. The number of hydrogen-bond donors (Lipinski definition) is 0. The van der Waals surface area contributed by atoms with Gasteiger partial charge >= 0.3 is 0 Å². The fourth-order valence-electron chi connectivity index (χ4n) is 2.96. The molecule has 0 aliphatic carbocycles.